The maximum Gasteiger partial charge on any atom is 0.125 e. The molecule has 1 atom stereocenters. The smallest absolute Gasteiger partial charge is 0.125 e. The van der Waals surface area contributed by atoms with Gasteiger partial charge in [-0.2, -0.15) is 0 Å². The Balaban J connectivity index is 3.06. The highest BCUT2D eigenvalue weighted by Gasteiger charge is 2.24. The maximum absolute atomic E-state index is 5.63. The van der Waals surface area contributed by atoms with Crippen molar-refractivity contribution in [2.24, 2.45) is 11.8 Å². The van der Waals surface area contributed by atoms with Crippen LogP contribution in [-0.4, -0.2) is 6.61 Å². The molecule has 1 aliphatic heterocycles. The zero-order valence-electron chi connectivity index (χ0n) is 9.47. The molecule has 1 aliphatic rings. The third-order valence-electron chi connectivity index (χ3n) is 2.75. The first-order valence-corrected chi connectivity index (χ1v) is 5.23. The van der Waals surface area contributed by atoms with Crippen molar-refractivity contribution < 1.29 is 4.74 Å². The molecular weight excluding hydrogens is 172 g/mol. The number of allylic oxidation sites excluding steroid dienone is 3. The van der Waals surface area contributed by atoms with Crippen molar-refractivity contribution in [2.45, 2.75) is 27.2 Å². The van der Waals surface area contributed by atoms with Gasteiger partial charge in [-0.05, 0) is 36.3 Å². The Labute approximate surface area is 87.2 Å². The van der Waals surface area contributed by atoms with E-state index in [0.29, 0.717) is 11.8 Å². The Morgan fingerprint density at radius 3 is 2.64 bits per heavy atom. The van der Waals surface area contributed by atoms with Gasteiger partial charge >= 0.3 is 0 Å². The van der Waals surface area contributed by atoms with Crippen LogP contribution in [0.4, 0.5) is 0 Å². The van der Waals surface area contributed by atoms with Gasteiger partial charge in [0.15, 0.2) is 0 Å². The quantitative estimate of drug-likeness (QED) is 0.662. The molecule has 14 heavy (non-hydrogen) atoms. The fraction of sp³-hybridized carbons (Fsp3) is 0.538. The Morgan fingerprint density at radius 1 is 1.57 bits per heavy atom. The lowest BCUT2D eigenvalue weighted by molar-refractivity contribution is 0.161. The third kappa shape index (κ3) is 2.09. The molecule has 0 bridgehead atoms. The van der Waals surface area contributed by atoms with E-state index in [1.54, 1.807) is 0 Å². The summed E-state index contributed by atoms with van der Waals surface area (Å²) in [6.45, 7) is 15.1. The number of rotatable bonds is 3. The van der Waals surface area contributed by atoms with Crippen LogP contribution in [0.1, 0.15) is 27.2 Å². The Morgan fingerprint density at radius 2 is 2.21 bits per heavy atom. The van der Waals surface area contributed by atoms with Crippen LogP contribution < -0.4 is 0 Å². The van der Waals surface area contributed by atoms with Crippen molar-refractivity contribution in [3.05, 3.63) is 36.1 Å². The Hall–Kier alpha value is -0.980. The van der Waals surface area contributed by atoms with Gasteiger partial charge in [-0.1, -0.05) is 33.1 Å². The van der Waals surface area contributed by atoms with Crippen LogP contribution in [0.2, 0.25) is 0 Å². The summed E-state index contributed by atoms with van der Waals surface area (Å²) in [4.78, 5) is 0. The van der Waals surface area contributed by atoms with Crippen molar-refractivity contribution in [1.29, 1.82) is 0 Å². The van der Waals surface area contributed by atoms with Crippen molar-refractivity contribution in [1.82, 2.24) is 0 Å². The van der Waals surface area contributed by atoms with Gasteiger partial charge < -0.3 is 4.74 Å². The lowest BCUT2D eigenvalue weighted by atomic mass is 9.83. The molecular formula is C13H20O. The molecule has 0 aromatic rings. The molecule has 1 heterocycles. The van der Waals surface area contributed by atoms with Crippen LogP contribution in [0.3, 0.4) is 0 Å². The molecule has 0 fully saturated rings. The Bertz CT molecular complexity index is 271. The molecule has 78 valence electrons. The molecule has 0 saturated carbocycles. The van der Waals surface area contributed by atoms with Crippen LogP contribution in [0.25, 0.3) is 0 Å². The van der Waals surface area contributed by atoms with Gasteiger partial charge in [-0.25, -0.2) is 0 Å². The first kappa shape index (κ1) is 11.1. The fourth-order valence-corrected chi connectivity index (χ4v) is 2.00. The summed E-state index contributed by atoms with van der Waals surface area (Å²) in [5.74, 6) is 2.18. The van der Waals surface area contributed by atoms with Gasteiger partial charge in [0.05, 0.1) is 6.61 Å². The normalized spacial score (nSPS) is 22.1. The summed E-state index contributed by atoms with van der Waals surface area (Å²) in [7, 11) is 0. The van der Waals surface area contributed by atoms with Crippen molar-refractivity contribution in [2.75, 3.05) is 6.61 Å². The van der Waals surface area contributed by atoms with Gasteiger partial charge in [0.2, 0.25) is 0 Å². The van der Waals surface area contributed by atoms with Gasteiger partial charge in [0, 0.05) is 0 Å². The van der Waals surface area contributed by atoms with Gasteiger partial charge in [0.25, 0.3) is 0 Å². The minimum Gasteiger partial charge on any atom is -0.493 e. The monoisotopic (exact) mass is 192 g/mol. The highest BCUT2D eigenvalue weighted by molar-refractivity contribution is 5.35. The van der Waals surface area contributed by atoms with Crippen molar-refractivity contribution in [3.8, 4) is 0 Å². The predicted octanol–water partition coefficient (Wildman–Crippen LogP) is 3.70. The van der Waals surface area contributed by atoms with Gasteiger partial charge in [-0.3, -0.25) is 0 Å². The lowest BCUT2D eigenvalue weighted by Gasteiger charge is -2.30. The zero-order chi connectivity index (χ0) is 10.7. The summed E-state index contributed by atoms with van der Waals surface area (Å²) in [6.07, 6.45) is 3.02. The summed E-state index contributed by atoms with van der Waals surface area (Å²) in [5.41, 5.74) is 2.24. The van der Waals surface area contributed by atoms with E-state index in [9.17, 15) is 0 Å². The number of ether oxygens (including phenoxy) is 1. The van der Waals surface area contributed by atoms with E-state index in [0.717, 1.165) is 24.4 Å². The van der Waals surface area contributed by atoms with E-state index in [4.69, 9.17) is 4.74 Å². The van der Waals surface area contributed by atoms with E-state index < -0.39 is 0 Å². The average Bonchev–Trinajstić information content (AvgIpc) is 2.16. The standard InChI is InChI=1S/C13H20O/c1-6-11-12(9(2)3)7-8-14-13(11)10(4)5/h6,9,12H,1,4,7-8H2,2-3,5H3. The highest BCUT2D eigenvalue weighted by Crippen LogP contribution is 2.34. The molecule has 0 aromatic heterocycles. The molecule has 1 unspecified atom stereocenters. The molecule has 1 nitrogen and oxygen atoms in total. The minimum atomic E-state index is 0.577. The molecule has 0 radical (unpaired) electrons. The number of hydrogen-bond donors (Lipinski definition) is 0. The van der Waals surface area contributed by atoms with Crippen LogP contribution in [0, 0.1) is 11.8 Å². The lowest BCUT2D eigenvalue weighted by Crippen LogP contribution is -2.21. The molecule has 0 aliphatic carbocycles. The van der Waals surface area contributed by atoms with Crippen LogP contribution in [0.15, 0.2) is 36.1 Å². The molecule has 0 amide bonds. The predicted molar refractivity (Wildman–Crippen MR) is 60.9 cm³/mol. The van der Waals surface area contributed by atoms with Crippen molar-refractivity contribution >= 4 is 0 Å². The van der Waals surface area contributed by atoms with Crippen LogP contribution in [0.5, 0.6) is 0 Å². The van der Waals surface area contributed by atoms with E-state index in [-0.39, 0.29) is 0 Å². The van der Waals surface area contributed by atoms with Gasteiger partial charge in [-0.15, -0.1) is 0 Å². The summed E-state index contributed by atoms with van der Waals surface area (Å²) in [6, 6.07) is 0. The first-order valence-electron chi connectivity index (χ1n) is 5.23. The van der Waals surface area contributed by atoms with Crippen LogP contribution in [-0.2, 0) is 4.74 Å². The second-order valence-corrected chi connectivity index (χ2v) is 4.26. The second-order valence-electron chi connectivity index (χ2n) is 4.26. The fourth-order valence-electron chi connectivity index (χ4n) is 2.00. The average molecular weight is 192 g/mol. The maximum atomic E-state index is 5.63. The molecule has 0 saturated heterocycles. The van der Waals surface area contributed by atoms with E-state index in [1.165, 1.54) is 5.57 Å². The highest BCUT2D eigenvalue weighted by atomic mass is 16.5. The number of hydrogen-bond acceptors (Lipinski definition) is 1. The van der Waals surface area contributed by atoms with Gasteiger partial charge in [0.1, 0.15) is 5.76 Å². The van der Waals surface area contributed by atoms with Crippen LogP contribution >= 0.6 is 0 Å². The topological polar surface area (TPSA) is 9.23 Å². The minimum absolute atomic E-state index is 0.577. The van der Waals surface area contributed by atoms with Crippen molar-refractivity contribution in [3.63, 3.8) is 0 Å². The molecule has 1 heteroatoms. The SMILES string of the molecule is C=CC1=C(C(=C)C)OCCC1C(C)C. The molecule has 1 rings (SSSR count). The summed E-state index contributed by atoms with van der Waals surface area (Å²) >= 11 is 0. The zero-order valence-corrected chi connectivity index (χ0v) is 9.47. The first-order chi connectivity index (χ1) is 6.57. The van der Waals surface area contributed by atoms with E-state index in [2.05, 4.69) is 27.0 Å². The summed E-state index contributed by atoms with van der Waals surface area (Å²) < 4.78 is 5.63. The molecule has 0 N–H and O–H groups in total. The second kappa shape index (κ2) is 4.50. The van der Waals surface area contributed by atoms with E-state index in [1.807, 2.05) is 13.0 Å². The molecule has 0 spiro atoms. The molecule has 0 aromatic carbocycles. The Kier molecular flexibility index (Phi) is 3.56. The largest absolute Gasteiger partial charge is 0.493 e. The van der Waals surface area contributed by atoms with E-state index >= 15 is 0 Å². The summed E-state index contributed by atoms with van der Waals surface area (Å²) in [5, 5.41) is 0. The third-order valence-corrected chi connectivity index (χ3v) is 2.75.